The van der Waals surface area contributed by atoms with Gasteiger partial charge in [-0.3, -0.25) is 0 Å². The van der Waals surface area contributed by atoms with Crippen molar-refractivity contribution in [3.8, 4) is 11.8 Å². The molecule has 0 saturated heterocycles. The lowest BCUT2D eigenvalue weighted by molar-refractivity contribution is -0.137. The van der Waals surface area contributed by atoms with Crippen molar-refractivity contribution >= 4 is 0 Å². The molecule has 116 valence electrons. The zero-order valence-corrected chi connectivity index (χ0v) is 11.7. The van der Waals surface area contributed by atoms with Gasteiger partial charge in [0.15, 0.2) is 0 Å². The van der Waals surface area contributed by atoms with E-state index in [1.54, 1.807) is 6.07 Å². The van der Waals surface area contributed by atoms with Crippen molar-refractivity contribution < 1.29 is 22.7 Å². The number of hydrogen-bond donors (Lipinski definition) is 1. The molecular formula is C15H17F4NO. The molecule has 21 heavy (non-hydrogen) atoms. The molecule has 1 aromatic rings. The minimum atomic E-state index is -4.21. The highest BCUT2D eigenvalue weighted by Gasteiger charge is 2.27. The fraction of sp³-hybridized carbons (Fsp3) is 0.467. The van der Waals surface area contributed by atoms with E-state index in [-0.39, 0.29) is 19.7 Å². The fourth-order valence-electron chi connectivity index (χ4n) is 1.66. The van der Waals surface area contributed by atoms with E-state index in [1.165, 1.54) is 24.1 Å². The predicted molar refractivity (Wildman–Crippen MR) is 72.0 cm³/mol. The Labute approximate surface area is 121 Å². The second kappa shape index (κ2) is 8.01. The average molecular weight is 303 g/mol. The normalized spacial score (nSPS) is 11.4. The second-order valence-electron chi connectivity index (χ2n) is 4.68. The Morgan fingerprint density at radius 3 is 2.57 bits per heavy atom. The van der Waals surface area contributed by atoms with Crippen LogP contribution in [-0.2, 0) is 6.54 Å². The standard InChI is InChI=1S/C15H17F4NO/c1-20(8-7-15(17,18)19)11-13-6-5-12(10-14(13)16)4-2-3-9-21/h5-6,10,21H,3,7-9,11H2,1H3. The minimum Gasteiger partial charge on any atom is -0.395 e. The summed E-state index contributed by atoms with van der Waals surface area (Å²) >= 11 is 0. The zero-order valence-electron chi connectivity index (χ0n) is 11.7. The smallest absolute Gasteiger partial charge is 0.390 e. The van der Waals surface area contributed by atoms with Gasteiger partial charge in [0.1, 0.15) is 5.82 Å². The summed E-state index contributed by atoms with van der Waals surface area (Å²) in [4.78, 5) is 1.42. The van der Waals surface area contributed by atoms with Crippen LogP contribution in [0.5, 0.6) is 0 Å². The van der Waals surface area contributed by atoms with Crippen LogP contribution in [0, 0.1) is 17.7 Å². The first-order valence-corrected chi connectivity index (χ1v) is 6.45. The Bertz CT molecular complexity index is 517. The molecule has 0 aromatic heterocycles. The molecule has 0 radical (unpaired) electrons. The molecule has 0 aliphatic carbocycles. The van der Waals surface area contributed by atoms with Crippen molar-refractivity contribution in [2.45, 2.75) is 25.6 Å². The van der Waals surface area contributed by atoms with Gasteiger partial charge in [0.25, 0.3) is 0 Å². The van der Waals surface area contributed by atoms with Crippen LogP contribution in [0.25, 0.3) is 0 Å². The Morgan fingerprint density at radius 2 is 2.00 bits per heavy atom. The van der Waals surface area contributed by atoms with E-state index in [4.69, 9.17) is 5.11 Å². The first kappa shape index (κ1) is 17.5. The lowest BCUT2D eigenvalue weighted by Crippen LogP contribution is -2.24. The van der Waals surface area contributed by atoms with Gasteiger partial charge in [0.2, 0.25) is 0 Å². The maximum atomic E-state index is 13.8. The summed E-state index contributed by atoms with van der Waals surface area (Å²) in [5, 5.41) is 8.59. The molecule has 1 N–H and O–H groups in total. The first-order chi connectivity index (χ1) is 9.81. The van der Waals surface area contributed by atoms with Gasteiger partial charge in [-0.1, -0.05) is 17.9 Å². The third-order valence-corrected chi connectivity index (χ3v) is 2.74. The lowest BCUT2D eigenvalue weighted by atomic mass is 10.1. The van der Waals surface area contributed by atoms with Crippen molar-refractivity contribution in [3.05, 3.63) is 35.1 Å². The van der Waals surface area contributed by atoms with Crippen LogP contribution in [0.15, 0.2) is 18.2 Å². The average Bonchev–Trinajstić information content (AvgIpc) is 2.39. The Kier molecular flexibility index (Phi) is 6.66. The topological polar surface area (TPSA) is 23.5 Å². The van der Waals surface area contributed by atoms with Gasteiger partial charge in [-0.15, -0.1) is 0 Å². The van der Waals surface area contributed by atoms with Crippen molar-refractivity contribution in [1.82, 2.24) is 4.90 Å². The highest BCUT2D eigenvalue weighted by molar-refractivity contribution is 5.37. The monoisotopic (exact) mass is 303 g/mol. The van der Waals surface area contributed by atoms with Gasteiger partial charge in [-0.2, -0.15) is 13.2 Å². The Hall–Kier alpha value is -1.58. The molecule has 1 aromatic carbocycles. The van der Waals surface area contributed by atoms with Crippen LogP contribution in [0.4, 0.5) is 17.6 Å². The third-order valence-electron chi connectivity index (χ3n) is 2.74. The van der Waals surface area contributed by atoms with Crippen LogP contribution in [0.3, 0.4) is 0 Å². The largest absolute Gasteiger partial charge is 0.395 e. The maximum absolute atomic E-state index is 13.8. The van der Waals surface area contributed by atoms with E-state index in [9.17, 15) is 17.6 Å². The summed E-state index contributed by atoms with van der Waals surface area (Å²) in [6.07, 6.45) is -4.82. The van der Waals surface area contributed by atoms with E-state index in [2.05, 4.69) is 11.8 Å². The summed E-state index contributed by atoms with van der Waals surface area (Å²) in [7, 11) is 1.51. The van der Waals surface area contributed by atoms with Crippen molar-refractivity contribution in [3.63, 3.8) is 0 Å². The Balaban J connectivity index is 2.62. The number of aliphatic hydroxyl groups is 1. The van der Waals surface area contributed by atoms with Gasteiger partial charge in [-0.05, 0) is 19.2 Å². The number of alkyl halides is 3. The van der Waals surface area contributed by atoms with Crippen LogP contribution < -0.4 is 0 Å². The van der Waals surface area contributed by atoms with Crippen LogP contribution >= 0.6 is 0 Å². The second-order valence-corrected chi connectivity index (χ2v) is 4.68. The van der Waals surface area contributed by atoms with Gasteiger partial charge in [0, 0.05) is 30.6 Å². The summed E-state index contributed by atoms with van der Waals surface area (Å²) in [5.41, 5.74) is 0.801. The maximum Gasteiger partial charge on any atom is 0.390 e. The number of benzene rings is 1. The summed E-state index contributed by atoms with van der Waals surface area (Å²) in [5.74, 6) is 4.88. The highest BCUT2D eigenvalue weighted by Crippen LogP contribution is 2.20. The van der Waals surface area contributed by atoms with E-state index in [0.717, 1.165) is 0 Å². The van der Waals surface area contributed by atoms with E-state index >= 15 is 0 Å². The lowest BCUT2D eigenvalue weighted by Gasteiger charge is -2.18. The molecule has 0 aliphatic rings. The molecule has 0 heterocycles. The van der Waals surface area contributed by atoms with Crippen molar-refractivity contribution in [2.24, 2.45) is 0 Å². The molecule has 0 amide bonds. The number of halogens is 4. The SMILES string of the molecule is CN(CCC(F)(F)F)Cc1ccc(C#CCCO)cc1F. The van der Waals surface area contributed by atoms with Gasteiger partial charge < -0.3 is 10.0 Å². The number of rotatable bonds is 5. The van der Waals surface area contributed by atoms with Crippen LogP contribution in [-0.4, -0.2) is 36.4 Å². The summed E-state index contributed by atoms with van der Waals surface area (Å²) in [6, 6.07) is 4.38. The van der Waals surface area contributed by atoms with Crippen LogP contribution in [0.1, 0.15) is 24.0 Å². The summed E-state index contributed by atoms with van der Waals surface area (Å²) in [6.45, 7) is -0.134. The zero-order chi connectivity index (χ0) is 15.9. The van der Waals surface area contributed by atoms with Gasteiger partial charge in [0.05, 0.1) is 13.0 Å². The molecule has 0 saturated carbocycles. The molecule has 2 nitrogen and oxygen atoms in total. The molecule has 0 atom stereocenters. The quantitative estimate of drug-likeness (QED) is 0.668. The number of hydrogen-bond acceptors (Lipinski definition) is 2. The molecule has 0 aliphatic heterocycles. The molecular weight excluding hydrogens is 286 g/mol. The Morgan fingerprint density at radius 1 is 1.29 bits per heavy atom. The fourth-order valence-corrected chi connectivity index (χ4v) is 1.66. The molecule has 0 fully saturated rings. The van der Waals surface area contributed by atoms with E-state index in [0.29, 0.717) is 17.5 Å². The first-order valence-electron chi connectivity index (χ1n) is 6.45. The summed E-state index contributed by atoms with van der Waals surface area (Å²) < 4.78 is 50.1. The van der Waals surface area contributed by atoms with E-state index in [1.807, 2.05) is 0 Å². The number of nitrogens with zero attached hydrogens (tertiary/aromatic N) is 1. The van der Waals surface area contributed by atoms with Crippen LogP contribution in [0.2, 0.25) is 0 Å². The van der Waals surface area contributed by atoms with Gasteiger partial charge in [-0.25, -0.2) is 4.39 Å². The third kappa shape index (κ3) is 7.11. The molecule has 6 heteroatoms. The minimum absolute atomic E-state index is 0.0580. The van der Waals surface area contributed by atoms with Crippen molar-refractivity contribution in [1.29, 1.82) is 0 Å². The molecule has 0 spiro atoms. The van der Waals surface area contributed by atoms with Gasteiger partial charge >= 0.3 is 6.18 Å². The highest BCUT2D eigenvalue weighted by atomic mass is 19.4. The molecule has 0 unspecified atom stereocenters. The molecule has 1 rings (SSSR count). The predicted octanol–water partition coefficient (Wildman–Crippen LogP) is 2.94. The molecule has 0 bridgehead atoms. The number of aliphatic hydroxyl groups excluding tert-OH is 1. The van der Waals surface area contributed by atoms with Crippen molar-refractivity contribution in [2.75, 3.05) is 20.2 Å². The van der Waals surface area contributed by atoms with E-state index < -0.39 is 18.4 Å².